The van der Waals surface area contributed by atoms with Gasteiger partial charge < -0.3 is 9.84 Å². The van der Waals surface area contributed by atoms with Gasteiger partial charge in [0.15, 0.2) is 0 Å². The highest BCUT2D eigenvalue weighted by Crippen LogP contribution is 2.23. The third-order valence-corrected chi connectivity index (χ3v) is 3.44. The van der Waals surface area contributed by atoms with Crippen molar-refractivity contribution in [2.75, 3.05) is 5.43 Å². The van der Waals surface area contributed by atoms with Crippen molar-refractivity contribution in [3.05, 3.63) is 47.0 Å². The van der Waals surface area contributed by atoms with Crippen LogP contribution >= 0.6 is 23.4 Å². The fourth-order valence-corrected chi connectivity index (χ4v) is 2.44. The van der Waals surface area contributed by atoms with Gasteiger partial charge in [-0.25, -0.2) is 10.8 Å². The Balaban J connectivity index is 1.94. The van der Waals surface area contributed by atoms with Gasteiger partial charge in [-0.2, -0.15) is 0 Å². The molecule has 0 radical (unpaired) electrons. The van der Waals surface area contributed by atoms with Crippen LogP contribution in [0.3, 0.4) is 0 Å². The second kappa shape index (κ2) is 5.95. The number of halogens is 1. The summed E-state index contributed by atoms with van der Waals surface area (Å²) >= 11 is 7.73. The van der Waals surface area contributed by atoms with E-state index in [4.69, 9.17) is 21.9 Å². The van der Waals surface area contributed by atoms with Crippen LogP contribution in [0.4, 0.5) is 5.82 Å². The predicted molar refractivity (Wildman–Crippen MR) is 70.8 cm³/mol. The number of hydrogen-bond donors (Lipinski definition) is 2. The standard InChI is InChI=1S/C11H12ClN3OS/c12-9-3-4-11(15-13)14-10(9)7-17-6-8-2-1-5-16-8/h1-5H,6-7,13H2,(H,14,15). The molecule has 0 aliphatic carbocycles. The summed E-state index contributed by atoms with van der Waals surface area (Å²) in [6.07, 6.45) is 1.67. The number of thioether (sulfide) groups is 1. The molecule has 0 aliphatic heterocycles. The van der Waals surface area contributed by atoms with Crippen LogP contribution in [0.5, 0.6) is 0 Å². The van der Waals surface area contributed by atoms with Gasteiger partial charge in [-0.3, -0.25) is 0 Å². The van der Waals surface area contributed by atoms with Gasteiger partial charge in [-0.1, -0.05) is 11.6 Å². The van der Waals surface area contributed by atoms with Gasteiger partial charge in [0.25, 0.3) is 0 Å². The molecule has 4 nitrogen and oxygen atoms in total. The lowest BCUT2D eigenvalue weighted by Gasteiger charge is -2.05. The van der Waals surface area contributed by atoms with Crippen LogP contribution in [0.25, 0.3) is 0 Å². The van der Waals surface area contributed by atoms with E-state index >= 15 is 0 Å². The zero-order valence-corrected chi connectivity index (χ0v) is 10.6. The highest BCUT2D eigenvalue weighted by molar-refractivity contribution is 7.97. The summed E-state index contributed by atoms with van der Waals surface area (Å²) in [5.74, 6) is 8.37. The van der Waals surface area contributed by atoms with Gasteiger partial charge in [-0.05, 0) is 24.3 Å². The Bertz CT molecular complexity index is 476. The Labute approximate surface area is 109 Å². The summed E-state index contributed by atoms with van der Waals surface area (Å²) in [5.41, 5.74) is 3.32. The number of rotatable bonds is 5. The lowest BCUT2D eigenvalue weighted by molar-refractivity contribution is 0.530. The summed E-state index contributed by atoms with van der Waals surface area (Å²) in [4.78, 5) is 4.29. The molecule has 90 valence electrons. The van der Waals surface area contributed by atoms with E-state index in [0.29, 0.717) is 10.8 Å². The molecule has 0 bridgehead atoms. The maximum Gasteiger partial charge on any atom is 0.140 e. The average Bonchev–Trinajstić information content (AvgIpc) is 2.84. The van der Waals surface area contributed by atoms with Crippen molar-refractivity contribution in [3.63, 3.8) is 0 Å². The lowest BCUT2D eigenvalue weighted by atomic mass is 10.4. The zero-order valence-electron chi connectivity index (χ0n) is 9.02. The number of nitrogen functional groups attached to an aromatic ring is 1. The number of anilines is 1. The lowest BCUT2D eigenvalue weighted by Crippen LogP contribution is -2.09. The molecule has 2 rings (SSSR count). The molecular formula is C11H12ClN3OS. The monoisotopic (exact) mass is 269 g/mol. The quantitative estimate of drug-likeness (QED) is 0.645. The van der Waals surface area contributed by atoms with E-state index in [0.717, 1.165) is 23.0 Å². The van der Waals surface area contributed by atoms with Crippen molar-refractivity contribution < 1.29 is 4.42 Å². The van der Waals surface area contributed by atoms with Gasteiger partial charge in [0, 0.05) is 5.75 Å². The largest absolute Gasteiger partial charge is 0.468 e. The van der Waals surface area contributed by atoms with Gasteiger partial charge >= 0.3 is 0 Å². The number of hydrogen-bond acceptors (Lipinski definition) is 5. The van der Waals surface area contributed by atoms with Crippen LogP contribution in [-0.2, 0) is 11.5 Å². The Morgan fingerprint density at radius 1 is 1.35 bits per heavy atom. The molecule has 0 fully saturated rings. The number of aromatic nitrogens is 1. The molecule has 0 unspecified atom stereocenters. The molecule has 0 amide bonds. The average molecular weight is 270 g/mol. The van der Waals surface area contributed by atoms with Crippen LogP contribution in [0.2, 0.25) is 5.02 Å². The molecule has 6 heteroatoms. The molecule has 0 saturated carbocycles. The van der Waals surface area contributed by atoms with Crippen LogP contribution < -0.4 is 11.3 Å². The fraction of sp³-hybridized carbons (Fsp3) is 0.182. The fourth-order valence-electron chi connectivity index (χ4n) is 1.31. The Kier molecular flexibility index (Phi) is 4.30. The molecule has 0 spiro atoms. The number of nitrogens with one attached hydrogen (secondary N) is 1. The van der Waals surface area contributed by atoms with Gasteiger partial charge in [0.1, 0.15) is 11.6 Å². The number of hydrazine groups is 1. The van der Waals surface area contributed by atoms with Crippen molar-refractivity contribution in [1.82, 2.24) is 4.98 Å². The second-order valence-electron chi connectivity index (χ2n) is 3.34. The Hall–Kier alpha value is -1.17. The second-order valence-corrected chi connectivity index (χ2v) is 4.73. The zero-order chi connectivity index (χ0) is 12.1. The SMILES string of the molecule is NNc1ccc(Cl)c(CSCc2ccco2)n1. The van der Waals surface area contributed by atoms with Crippen molar-refractivity contribution in [3.8, 4) is 0 Å². The molecule has 0 atom stereocenters. The van der Waals surface area contributed by atoms with Gasteiger partial charge in [0.2, 0.25) is 0 Å². The minimum Gasteiger partial charge on any atom is -0.468 e. The van der Waals surface area contributed by atoms with Gasteiger partial charge in [-0.15, -0.1) is 11.8 Å². The van der Waals surface area contributed by atoms with Crippen LogP contribution in [0, 0.1) is 0 Å². The van der Waals surface area contributed by atoms with E-state index in [1.807, 2.05) is 12.1 Å². The number of nitrogens with zero attached hydrogens (tertiary/aromatic N) is 1. The Morgan fingerprint density at radius 2 is 2.24 bits per heavy atom. The van der Waals surface area contributed by atoms with E-state index in [1.165, 1.54) is 0 Å². The molecule has 0 aromatic carbocycles. The molecule has 2 aromatic rings. The van der Waals surface area contributed by atoms with Crippen molar-refractivity contribution in [2.24, 2.45) is 5.84 Å². The molecule has 2 aromatic heterocycles. The predicted octanol–water partition coefficient (Wildman–Crippen LogP) is 3.05. The molecular weight excluding hydrogens is 258 g/mol. The summed E-state index contributed by atoms with van der Waals surface area (Å²) < 4.78 is 5.24. The van der Waals surface area contributed by atoms with Crippen LogP contribution in [0.15, 0.2) is 34.9 Å². The highest BCUT2D eigenvalue weighted by atomic mass is 35.5. The number of nitrogens with two attached hydrogens (primary N) is 1. The van der Waals surface area contributed by atoms with E-state index in [9.17, 15) is 0 Å². The molecule has 2 heterocycles. The number of pyridine rings is 1. The summed E-state index contributed by atoms with van der Waals surface area (Å²) in [7, 11) is 0. The minimum absolute atomic E-state index is 0.614. The maximum absolute atomic E-state index is 6.05. The minimum atomic E-state index is 0.614. The first-order chi connectivity index (χ1) is 8.29. The van der Waals surface area contributed by atoms with Crippen molar-refractivity contribution in [1.29, 1.82) is 0 Å². The first-order valence-corrected chi connectivity index (χ1v) is 6.55. The normalized spacial score (nSPS) is 10.5. The van der Waals surface area contributed by atoms with E-state index < -0.39 is 0 Å². The summed E-state index contributed by atoms with van der Waals surface area (Å²) in [5, 5.41) is 0.649. The Morgan fingerprint density at radius 3 is 2.94 bits per heavy atom. The van der Waals surface area contributed by atoms with E-state index in [1.54, 1.807) is 30.2 Å². The molecule has 3 N–H and O–H groups in total. The molecule has 0 aliphatic rings. The summed E-state index contributed by atoms with van der Waals surface area (Å²) in [6, 6.07) is 7.34. The third kappa shape index (κ3) is 3.39. The van der Waals surface area contributed by atoms with E-state index in [2.05, 4.69) is 10.4 Å². The van der Waals surface area contributed by atoms with E-state index in [-0.39, 0.29) is 0 Å². The van der Waals surface area contributed by atoms with Crippen molar-refractivity contribution in [2.45, 2.75) is 11.5 Å². The van der Waals surface area contributed by atoms with Gasteiger partial charge in [0.05, 0.1) is 22.7 Å². The molecule has 0 saturated heterocycles. The van der Waals surface area contributed by atoms with Crippen LogP contribution in [0.1, 0.15) is 11.5 Å². The third-order valence-electron chi connectivity index (χ3n) is 2.13. The number of furan rings is 1. The highest BCUT2D eigenvalue weighted by Gasteiger charge is 2.04. The topological polar surface area (TPSA) is 64.1 Å². The maximum atomic E-state index is 6.05. The first-order valence-electron chi connectivity index (χ1n) is 5.02. The van der Waals surface area contributed by atoms with Crippen molar-refractivity contribution >= 4 is 29.2 Å². The first kappa shape index (κ1) is 12.3. The smallest absolute Gasteiger partial charge is 0.140 e. The summed E-state index contributed by atoms with van der Waals surface area (Å²) in [6.45, 7) is 0. The molecule has 17 heavy (non-hydrogen) atoms. The van der Waals surface area contributed by atoms with Crippen LogP contribution in [-0.4, -0.2) is 4.98 Å².